The Balaban J connectivity index is 2.04. The lowest BCUT2D eigenvalue weighted by atomic mass is 9.78. The molecule has 0 fully saturated rings. The normalized spacial score (nSPS) is 21.7. The molecule has 1 aromatic heterocycles. The smallest absolute Gasteiger partial charge is 0.347 e. The highest BCUT2D eigenvalue weighted by Gasteiger charge is 2.44. The number of hydrogen-bond donors (Lipinski definition) is 0. The first kappa shape index (κ1) is 15.4. The van der Waals surface area contributed by atoms with Crippen LogP contribution in [0.2, 0.25) is 0 Å². The van der Waals surface area contributed by atoms with Crippen LogP contribution in [0, 0.1) is 0 Å². The van der Waals surface area contributed by atoms with Crippen LogP contribution in [-0.2, 0) is 22.3 Å². The maximum absolute atomic E-state index is 12.6. The number of benzene rings is 1. The third-order valence-electron chi connectivity index (χ3n) is 5.60. The molecule has 0 radical (unpaired) electrons. The quantitative estimate of drug-likeness (QED) is 0.790. The van der Waals surface area contributed by atoms with Crippen molar-refractivity contribution in [2.24, 2.45) is 7.05 Å². The second-order valence-corrected chi connectivity index (χ2v) is 6.58. The minimum absolute atomic E-state index is 0.121. The number of ether oxygens (including phenoxy) is 2. The second-order valence-electron chi connectivity index (χ2n) is 6.58. The Morgan fingerprint density at radius 2 is 1.62 bits per heavy atom. The van der Waals surface area contributed by atoms with Crippen molar-refractivity contribution < 1.29 is 9.47 Å². The molecule has 7 heteroatoms. The van der Waals surface area contributed by atoms with Crippen molar-refractivity contribution >= 4 is 0 Å². The largest absolute Gasteiger partial charge is 0.349 e. The molecule has 2 aliphatic heterocycles. The van der Waals surface area contributed by atoms with Crippen LogP contribution in [0.15, 0.2) is 27.8 Å². The summed E-state index contributed by atoms with van der Waals surface area (Å²) in [5.41, 5.74) is 2.51. The van der Waals surface area contributed by atoms with Crippen LogP contribution in [-0.4, -0.2) is 28.2 Å². The molecule has 2 aromatic rings. The van der Waals surface area contributed by atoms with Crippen molar-refractivity contribution in [1.29, 1.82) is 0 Å². The number of methoxy groups -OCH3 is 2. The molecule has 0 saturated carbocycles. The fraction of sp³-hybridized carbons (Fsp3) is 0.529. The average Bonchev–Trinajstić information content (AvgIpc) is 2.87. The fourth-order valence-electron chi connectivity index (χ4n) is 4.20. The van der Waals surface area contributed by atoms with Crippen molar-refractivity contribution in [2.45, 2.75) is 37.6 Å². The lowest BCUT2D eigenvalue weighted by Gasteiger charge is -2.43. The Labute approximate surface area is 139 Å². The summed E-state index contributed by atoms with van der Waals surface area (Å²) in [5.74, 6) is -0.896. The van der Waals surface area contributed by atoms with E-state index in [0.717, 1.165) is 29.5 Å². The van der Waals surface area contributed by atoms with E-state index < -0.39 is 5.79 Å². The van der Waals surface area contributed by atoms with Gasteiger partial charge in [0.25, 0.3) is 0 Å². The summed E-state index contributed by atoms with van der Waals surface area (Å²) in [7, 11) is 4.74. The molecule has 128 valence electrons. The highest BCUT2D eigenvalue weighted by atomic mass is 16.7. The molecule has 2 bridgehead atoms. The fourth-order valence-corrected chi connectivity index (χ4v) is 4.20. The number of aromatic nitrogens is 3. The van der Waals surface area contributed by atoms with E-state index in [-0.39, 0.29) is 23.5 Å². The van der Waals surface area contributed by atoms with Crippen LogP contribution in [0.4, 0.5) is 0 Å². The van der Waals surface area contributed by atoms with Gasteiger partial charge in [0.2, 0.25) is 0 Å². The van der Waals surface area contributed by atoms with Crippen LogP contribution >= 0.6 is 0 Å². The number of nitrogens with zero attached hydrogens (tertiary/aromatic N) is 3. The van der Waals surface area contributed by atoms with Crippen molar-refractivity contribution in [3.8, 4) is 0 Å². The highest BCUT2D eigenvalue weighted by molar-refractivity contribution is 5.45. The van der Waals surface area contributed by atoms with Crippen LogP contribution in [0.25, 0.3) is 0 Å². The Kier molecular flexibility index (Phi) is 3.17. The zero-order chi connectivity index (χ0) is 17.2. The third kappa shape index (κ3) is 1.68. The number of rotatable bonds is 3. The van der Waals surface area contributed by atoms with E-state index in [2.05, 4.69) is 0 Å². The summed E-state index contributed by atoms with van der Waals surface area (Å²) in [6.45, 7) is 1.87. The van der Waals surface area contributed by atoms with Gasteiger partial charge < -0.3 is 9.47 Å². The van der Waals surface area contributed by atoms with Gasteiger partial charge in [-0.25, -0.2) is 23.5 Å². The second kappa shape index (κ2) is 4.94. The molecule has 0 N–H and O–H groups in total. The zero-order valence-electron chi connectivity index (χ0n) is 14.3. The van der Waals surface area contributed by atoms with E-state index in [0.29, 0.717) is 0 Å². The van der Waals surface area contributed by atoms with Gasteiger partial charge in [0.15, 0.2) is 5.79 Å². The monoisotopic (exact) mass is 331 g/mol. The van der Waals surface area contributed by atoms with Gasteiger partial charge in [-0.15, -0.1) is 0 Å². The van der Waals surface area contributed by atoms with Crippen molar-refractivity contribution in [3.63, 3.8) is 0 Å². The first-order valence-electron chi connectivity index (χ1n) is 8.08. The molecule has 0 spiro atoms. The maximum atomic E-state index is 12.6. The molecule has 2 atom stereocenters. The Hall–Kier alpha value is -2.12. The Morgan fingerprint density at radius 3 is 2.25 bits per heavy atom. The molecule has 1 aliphatic carbocycles. The summed E-state index contributed by atoms with van der Waals surface area (Å²) in [6, 6.07) is 5.68. The summed E-state index contributed by atoms with van der Waals surface area (Å²) < 4.78 is 15.6. The van der Waals surface area contributed by atoms with Crippen LogP contribution in [0.5, 0.6) is 0 Å². The minimum atomic E-state index is -0.896. The van der Waals surface area contributed by atoms with E-state index in [1.165, 1.54) is 11.6 Å². The van der Waals surface area contributed by atoms with Gasteiger partial charge in [0, 0.05) is 26.8 Å². The van der Waals surface area contributed by atoms with Gasteiger partial charge >= 0.3 is 11.4 Å². The predicted molar refractivity (Wildman–Crippen MR) is 87.3 cm³/mol. The predicted octanol–water partition coefficient (Wildman–Crippen LogP) is 1.10. The first-order chi connectivity index (χ1) is 11.4. The van der Waals surface area contributed by atoms with Crippen LogP contribution in [0.1, 0.15) is 48.5 Å². The van der Waals surface area contributed by atoms with Crippen LogP contribution < -0.4 is 11.4 Å². The van der Waals surface area contributed by atoms with Crippen molar-refractivity contribution in [1.82, 2.24) is 13.9 Å². The highest BCUT2D eigenvalue weighted by Crippen LogP contribution is 2.47. The standard InChI is InChI=1S/C17H21N3O4/c1-17(23-3,24-4)11-7-5-6-10-12-8-9-13(14(10)11)20-16(22)18(2)15(21)19(12)20/h5-7,12-13H,8-9H2,1-4H3. The van der Waals surface area contributed by atoms with Gasteiger partial charge in [-0.1, -0.05) is 18.2 Å². The number of fused-ring (bicyclic) bond motifs is 1. The molecule has 3 heterocycles. The molecule has 0 saturated heterocycles. The van der Waals surface area contributed by atoms with Gasteiger partial charge in [-0.2, -0.15) is 0 Å². The maximum Gasteiger partial charge on any atom is 0.347 e. The van der Waals surface area contributed by atoms with Gasteiger partial charge in [-0.3, -0.25) is 0 Å². The minimum Gasteiger partial charge on any atom is -0.349 e. The summed E-state index contributed by atoms with van der Waals surface area (Å²) >= 11 is 0. The van der Waals surface area contributed by atoms with E-state index in [1.807, 2.05) is 25.1 Å². The van der Waals surface area contributed by atoms with E-state index >= 15 is 0 Å². The zero-order valence-corrected chi connectivity index (χ0v) is 14.3. The molecular formula is C17H21N3O4. The molecular weight excluding hydrogens is 310 g/mol. The van der Waals surface area contributed by atoms with E-state index in [1.54, 1.807) is 23.6 Å². The first-order valence-corrected chi connectivity index (χ1v) is 8.08. The Bertz CT molecular complexity index is 932. The van der Waals surface area contributed by atoms with Crippen LogP contribution in [0.3, 0.4) is 0 Å². The van der Waals surface area contributed by atoms with Crippen molar-refractivity contribution in [2.75, 3.05) is 14.2 Å². The summed E-state index contributed by atoms with van der Waals surface area (Å²) in [4.78, 5) is 25.1. The Morgan fingerprint density at radius 1 is 1.04 bits per heavy atom. The molecule has 7 nitrogen and oxygen atoms in total. The molecule has 1 aromatic carbocycles. The topological polar surface area (TPSA) is 67.4 Å². The lowest BCUT2D eigenvalue weighted by molar-refractivity contribution is -0.202. The van der Waals surface area contributed by atoms with E-state index in [4.69, 9.17) is 9.47 Å². The average molecular weight is 331 g/mol. The molecule has 0 amide bonds. The molecule has 5 rings (SSSR count). The molecule has 2 unspecified atom stereocenters. The summed E-state index contributed by atoms with van der Waals surface area (Å²) in [6.07, 6.45) is 1.67. The number of hydrogen-bond acceptors (Lipinski definition) is 4. The van der Waals surface area contributed by atoms with Gasteiger partial charge in [0.05, 0.1) is 12.1 Å². The third-order valence-corrected chi connectivity index (χ3v) is 5.60. The van der Waals surface area contributed by atoms with Crippen molar-refractivity contribution in [3.05, 3.63) is 55.9 Å². The molecule has 24 heavy (non-hydrogen) atoms. The lowest BCUT2D eigenvalue weighted by Crippen LogP contribution is -2.45. The summed E-state index contributed by atoms with van der Waals surface area (Å²) in [5, 5.41) is 0. The van der Waals surface area contributed by atoms with Gasteiger partial charge in [-0.05, 0) is 30.9 Å². The molecule has 3 aliphatic rings. The van der Waals surface area contributed by atoms with Gasteiger partial charge in [0.1, 0.15) is 0 Å². The van der Waals surface area contributed by atoms with E-state index in [9.17, 15) is 9.59 Å². The SMILES string of the molecule is COC(C)(OC)c1cccc2c1C1CCC2n2c(=O)n(C)c(=O)n21.